The number of aromatic nitrogens is 1. The smallest absolute Gasteiger partial charge is 0.250 e. The average Bonchev–Trinajstić information content (AvgIpc) is 2.52. The summed E-state index contributed by atoms with van der Waals surface area (Å²) in [5.74, 6) is 0.293. The van der Waals surface area contributed by atoms with E-state index in [1.807, 2.05) is 18.2 Å². The van der Waals surface area contributed by atoms with Crippen LogP contribution in [0.3, 0.4) is 0 Å². The maximum Gasteiger partial charge on any atom is 0.250 e. The normalized spacial score (nSPS) is 10.1. The molecule has 2 rings (SSSR count). The van der Waals surface area contributed by atoms with E-state index >= 15 is 0 Å². The predicted octanol–water partition coefficient (Wildman–Crippen LogP) is 2.12. The second-order valence-corrected chi connectivity index (χ2v) is 4.83. The van der Waals surface area contributed by atoms with Gasteiger partial charge in [-0.25, -0.2) is 4.98 Å². The molecule has 0 atom stereocenters. The van der Waals surface area contributed by atoms with Crippen molar-refractivity contribution in [1.82, 2.24) is 4.98 Å². The van der Waals surface area contributed by atoms with E-state index < -0.39 is 5.91 Å². The van der Waals surface area contributed by atoms with E-state index in [1.54, 1.807) is 12.1 Å². The van der Waals surface area contributed by atoms with Gasteiger partial charge in [0.15, 0.2) is 0 Å². The molecular weight excluding hydrogens is 264 g/mol. The van der Waals surface area contributed by atoms with Gasteiger partial charge in [-0.05, 0) is 30.7 Å². The van der Waals surface area contributed by atoms with E-state index in [4.69, 9.17) is 5.73 Å². The monoisotopic (exact) mass is 284 g/mol. The van der Waals surface area contributed by atoms with E-state index in [2.05, 4.69) is 34.4 Å². The minimum absolute atomic E-state index is 0.421. The molecule has 0 radical (unpaired) electrons. The fourth-order valence-electron chi connectivity index (χ4n) is 1.99. The minimum atomic E-state index is -0.460. The number of nitrogens with two attached hydrogens (primary N) is 1. The van der Waals surface area contributed by atoms with Crippen molar-refractivity contribution in [3.8, 4) is 0 Å². The summed E-state index contributed by atoms with van der Waals surface area (Å²) in [5, 5.41) is 3.23. The lowest BCUT2D eigenvalue weighted by Crippen LogP contribution is -2.20. The van der Waals surface area contributed by atoms with Gasteiger partial charge in [0, 0.05) is 32.0 Å². The zero-order valence-electron chi connectivity index (χ0n) is 12.1. The third kappa shape index (κ3) is 4.49. The molecule has 0 aliphatic rings. The Hall–Kier alpha value is -2.56. The second-order valence-electron chi connectivity index (χ2n) is 4.83. The lowest BCUT2D eigenvalue weighted by molar-refractivity contribution is 0.1000. The summed E-state index contributed by atoms with van der Waals surface area (Å²) in [6.07, 6.45) is 2.48. The number of hydrogen-bond donors (Lipinski definition) is 2. The number of anilines is 2. The van der Waals surface area contributed by atoms with Gasteiger partial charge in [0.1, 0.15) is 5.82 Å². The van der Waals surface area contributed by atoms with Crippen molar-refractivity contribution in [2.75, 3.05) is 30.4 Å². The van der Waals surface area contributed by atoms with Crippen molar-refractivity contribution >= 4 is 17.4 Å². The Balaban J connectivity index is 1.73. The minimum Gasteiger partial charge on any atom is -0.375 e. The summed E-state index contributed by atoms with van der Waals surface area (Å²) in [5.41, 5.74) is 6.80. The average molecular weight is 284 g/mol. The summed E-state index contributed by atoms with van der Waals surface area (Å²) in [7, 11) is 2.08. The lowest BCUT2D eigenvalue weighted by atomic mass is 10.2. The van der Waals surface area contributed by atoms with Crippen LogP contribution in [0.4, 0.5) is 11.5 Å². The van der Waals surface area contributed by atoms with Gasteiger partial charge in [0.25, 0.3) is 0 Å². The van der Waals surface area contributed by atoms with Gasteiger partial charge in [-0.2, -0.15) is 0 Å². The molecule has 5 nitrogen and oxygen atoms in total. The van der Waals surface area contributed by atoms with Crippen LogP contribution in [-0.4, -0.2) is 31.0 Å². The van der Waals surface area contributed by atoms with E-state index in [-0.39, 0.29) is 0 Å². The molecule has 0 unspecified atom stereocenters. The van der Waals surface area contributed by atoms with Gasteiger partial charge in [0.2, 0.25) is 5.91 Å². The molecule has 1 aromatic heterocycles. The standard InChI is InChI=1S/C16H20N4O/c1-20(14-6-3-2-4-7-14)11-5-10-18-15-9-8-13(12-19-15)16(17)21/h2-4,6-9,12H,5,10-11H2,1H3,(H2,17,21)(H,18,19). The number of primary amides is 1. The molecule has 0 fully saturated rings. The van der Waals surface area contributed by atoms with E-state index in [1.165, 1.54) is 11.9 Å². The Labute approximate surface area is 124 Å². The number of rotatable bonds is 7. The highest BCUT2D eigenvalue weighted by molar-refractivity contribution is 5.92. The third-order valence-corrected chi connectivity index (χ3v) is 3.22. The fourth-order valence-corrected chi connectivity index (χ4v) is 1.99. The van der Waals surface area contributed by atoms with Crippen molar-refractivity contribution in [2.24, 2.45) is 5.73 Å². The van der Waals surface area contributed by atoms with Crippen molar-refractivity contribution in [2.45, 2.75) is 6.42 Å². The summed E-state index contributed by atoms with van der Waals surface area (Å²) >= 11 is 0. The molecule has 0 bridgehead atoms. The molecular formula is C16H20N4O. The molecule has 3 N–H and O–H groups in total. The van der Waals surface area contributed by atoms with Gasteiger partial charge < -0.3 is 16.0 Å². The van der Waals surface area contributed by atoms with Crippen LogP contribution in [-0.2, 0) is 0 Å². The van der Waals surface area contributed by atoms with Crippen LogP contribution < -0.4 is 16.0 Å². The number of nitrogens with zero attached hydrogens (tertiary/aromatic N) is 2. The van der Waals surface area contributed by atoms with E-state index in [0.29, 0.717) is 5.56 Å². The summed E-state index contributed by atoms with van der Waals surface area (Å²) < 4.78 is 0. The molecule has 2 aromatic rings. The Bertz CT molecular complexity index is 569. The number of pyridine rings is 1. The number of carbonyl (C=O) groups is 1. The first-order valence-electron chi connectivity index (χ1n) is 6.93. The molecule has 0 aliphatic carbocycles. The first-order chi connectivity index (χ1) is 10.2. The molecule has 0 spiro atoms. The topological polar surface area (TPSA) is 71.2 Å². The highest BCUT2D eigenvalue weighted by Crippen LogP contribution is 2.11. The zero-order valence-corrected chi connectivity index (χ0v) is 12.1. The van der Waals surface area contributed by atoms with Crippen LogP contribution in [0.5, 0.6) is 0 Å². The molecule has 0 saturated carbocycles. The van der Waals surface area contributed by atoms with Gasteiger partial charge in [-0.15, -0.1) is 0 Å². The largest absolute Gasteiger partial charge is 0.375 e. The molecule has 1 aromatic carbocycles. The van der Waals surface area contributed by atoms with Crippen LogP contribution >= 0.6 is 0 Å². The number of benzene rings is 1. The molecule has 110 valence electrons. The molecule has 21 heavy (non-hydrogen) atoms. The van der Waals surface area contributed by atoms with Crippen LogP contribution in [0.2, 0.25) is 0 Å². The fraction of sp³-hybridized carbons (Fsp3) is 0.250. The van der Waals surface area contributed by atoms with Crippen LogP contribution in [0.15, 0.2) is 48.7 Å². The Morgan fingerprint density at radius 1 is 1.24 bits per heavy atom. The van der Waals surface area contributed by atoms with Crippen LogP contribution in [0.25, 0.3) is 0 Å². The van der Waals surface area contributed by atoms with E-state index in [0.717, 1.165) is 25.3 Å². The highest BCUT2D eigenvalue weighted by Gasteiger charge is 2.01. The van der Waals surface area contributed by atoms with E-state index in [9.17, 15) is 4.79 Å². The Morgan fingerprint density at radius 3 is 2.62 bits per heavy atom. The SMILES string of the molecule is CN(CCCNc1ccc(C(N)=O)cn1)c1ccccc1. The third-order valence-electron chi connectivity index (χ3n) is 3.22. The van der Waals surface area contributed by atoms with Gasteiger partial charge >= 0.3 is 0 Å². The van der Waals surface area contributed by atoms with Gasteiger partial charge in [-0.3, -0.25) is 4.79 Å². The highest BCUT2D eigenvalue weighted by atomic mass is 16.1. The van der Waals surface area contributed by atoms with Crippen molar-refractivity contribution in [3.05, 3.63) is 54.2 Å². The second kappa shape index (κ2) is 7.28. The Morgan fingerprint density at radius 2 is 2.00 bits per heavy atom. The first-order valence-corrected chi connectivity index (χ1v) is 6.93. The molecule has 1 amide bonds. The summed E-state index contributed by atoms with van der Waals surface area (Å²) in [6, 6.07) is 13.7. The maximum atomic E-state index is 10.9. The number of nitrogens with one attached hydrogen (secondary N) is 1. The maximum absolute atomic E-state index is 10.9. The quantitative estimate of drug-likeness (QED) is 0.764. The number of hydrogen-bond acceptors (Lipinski definition) is 4. The van der Waals surface area contributed by atoms with Gasteiger partial charge in [-0.1, -0.05) is 18.2 Å². The summed E-state index contributed by atoms with van der Waals surface area (Å²) in [6.45, 7) is 1.77. The zero-order chi connectivity index (χ0) is 15.1. The molecule has 1 heterocycles. The van der Waals surface area contributed by atoms with Gasteiger partial charge in [0.05, 0.1) is 5.56 Å². The first kappa shape index (κ1) is 14.8. The predicted molar refractivity (Wildman–Crippen MR) is 85.6 cm³/mol. The lowest BCUT2D eigenvalue weighted by Gasteiger charge is -2.19. The number of para-hydroxylation sites is 1. The summed E-state index contributed by atoms with van der Waals surface area (Å²) in [4.78, 5) is 17.3. The van der Waals surface area contributed by atoms with Crippen molar-refractivity contribution < 1.29 is 4.79 Å². The molecule has 0 saturated heterocycles. The number of amides is 1. The van der Waals surface area contributed by atoms with Crippen LogP contribution in [0.1, 0.15) is 16.8 Å². The molecule has 5 heteroatoms. The molecule has 0 aliphatic heterocycles. The van der Waals surface area contributed by atoms with Crippen molar-refractivity contribution in [3.63, 3.8) is 0 Å². The number of carbonyl (C=O) groups excluding carboxylic acids is 1. The van der Waals surface area contributed by atoms with Crippen molar-refractivity contribution in [1.29, 1.82) is 0 Å². The van der Waals surface area contributed by atoms with Crippen LogP contribution in [0, 0.1) is 0 Å². The Kier molecular flexibility index (Phi) is 5.15.